The molecule has 1 aromatic carbocycles. The van der Waals surface area contributed by atoms with Crippen LogP contribution in [-0.4, -0.2) is 20.2 Å². The van der Waals surface area contributed by atoms with Crippen LogP contribution in [0.3, 0.4) is 0 Å². The normalized spacial score (nSPS) is 14.4. The van der Waals surface area contributed by atoms with E-state index in [-0.39, 0.29) is 11.4 Å². The molecule has 0 unspecified atom stereocenters. The number of hydrogen-bond acceptors (Lipinski definition) is 6. The molecule has 3 aromatic rings. The molecule has 0 spiro atoms. The van der Waals surface area contributed by atoms with Crippen molar-refractivity contribution in [3.63, 3.8) is 0 Å². The fraction of sp³-hybridized carbons (Fsp3) is 0.333. The molecule has 27 heavy (non-hydrogen) atoms. The van der Waals surface area contributed by atoms with Crippen LogP contribution in [0.25, 0.3) is 11.5 Å². The van der Waals surface area contributed by atoms with Gasteiger partial charge in [-0.05, 0) is 30.5 Å². The third kappa shape index (κ3) is 4.21. The Labute approximate surface area is 160 Å². The maximum absolute atomic E-state index is 12.5. The molecule has 142 valence electrons. The van der Waals surface area contributed by atoms with Crippen LogP contribution in [0.4, 0.5) is 14.7 Å². The van der Waals surface area contributed by atoms with Gasteiger partial charge < -0.3 is 9.73 Å². The van der Waals surface area contributed by atoms with Gasteiger partial charge in [0.15, 0.2) is 0 Å². The number of anilines is 1. The molecule has 1 aliphatic carbocycles. The molecule has 1 aliphatic rings. The van der Waals surface area contributed by atoms with Crippen molar-refractivity contribution in [2.75, 3.05) is 5.32 Å². The van der Waals surface area contributed by atoms with Crippen LogP contribution < -0.4 is 5.32 Å². The average molecular weight is 394 g/mol. The molecular weight excluding hydrogens is 376 g/mol. The van der Waals surface area contributed by atoms with E-state index in [1.54, 1.807) is 0 Å². The molecule has 9 heteroatoms. The van der Waals surface area contributed by atoms with E-state index in [2.05, 4.69) is 25.5 Å². The molecule has 0 bridgehead atoms. The van der Waals surface area contributed by atoms with Gasteiger partial charge in [-0.25, -0.2) is 9.97 Å². The van der Waals surface area contributed by atoms with Crippen LogP contribution in [-0.2, 0) is 5.54 Å². The van der Waals surface area contributed by atoms with Crippen LogP contribution in [0, 0.1) is 0 Å². The van der Waals surface area contributed by atoms with Crippen molar-refractivity contribution in [2.45, 2.75) is 38.7 Å². The summed E-state index contributed by atoms with van der Waals surface area (Å²) < 4.78 is 29.9. The Balaban J connectivity index is 0.00000102. The number of benzene rings is 1. The van der Waals surface area contributed by atoms with E-state index in [0.29, 0.717) is 16.5 Å². The average Bonchev–Trinajstić information content (AvgIpc) is 3.29. The lowest BCUT2D eigenvalue weighted by atomic mass is 10.1. The highest BCUT2D eigenvalue weighted by Crippen LogP contribution is 2.47. The molecule has 0 radical (unpaired) electrons. The third-order valence-corrected chi connectivity index (χ3v) is 4.28. The zero-order valence-corrected chi connectivity index (χ0v) is 15.5. The van der Waals surface area contributed by atoms with Crippen molar-refractivity contribution in [2.24, 2.45) is 0 Å². The summed E-state index contributed by atoms with van der Waals surface area (Å²) in [7, 11) is 0. The number of hydrogen-bond donors (Lipinski definition) is 1. The summed E-state index contributed by atoms with van der Waals surface area (Å²) >= 11 is 5.93. The summed E-state index contributed by atoms with van der Waals surface area (Å²) in [5, 5.41) is 10.9. The highest BCUT2D eigenvalue weighted by atomic mass is 35.5. The lowest BCUT2D eigenvalue weighted by Gasteiger charge is -2.17. The summed E-state index contributed by atoms with van der Waals surface area (Å²) in [6.07, 6.45) is 2.02. The maximum atomic E-state index is 12.5. The van der Waals surface area contributed by atoms with Crippen LogP contribution in [0.5, 0.6) is 0 Å². The van der Waals surface area contributed by atoms with Crippen LogP contribution >= 0.6 is 11.6 Å². The van der Waals surface area contributed by atoms with Crippen molar-refractivity contribution >= 4 is 17.5 Å². The number of nitrogens with zero attached hydrogens (tertiary/aromatic N) is 4. The van der Waals surface area contributed by atoms with E-state index >= 15 is 0 Å². The molecule has 0 saturated heterocycles. The SMILES string of the molecule is CC.FC(F)c1nnc(-c2cnc(NC3(c4ccc(Cl)cc4)CC3)nc2)o1. The Hall–Kier alpha value is -2.61. The predicted octanol–water partition coefficient (Wildman–Crippen LogP) is 5.25. The topological polar surface area (TPSA) is 76.7 Å². The largest absolute Gasteiger partial charge is 0.415 e. The molecule has 0 atom stereocenters. The van der Waals surface area contributed by atoms with Gasteiger partial charge in [0.1, 0.15) is 0 Å². The molecule has 1 saturated carbocycles. The van der Waals surface area contributed by atoms with E-state index in [9.17, 15) is 8.78 Å². The van der Waals surface area contributed by atoms with E-state index in [1.807, 2.05) is 38.1 Å². The first kappa shape index (κ1) is 19.2. The summed E-state index contributed by atoms with van der Waals surface area (Å²) in [5.74, 6) is -0.331. The van der Waals surface area contributed by atoms with Crippen molar-refractivity contribution in [3.05, 3.63) is 53.1 Å². The van der Waals surface area contributed by atoms with Crippen molar-refractivity contribution in [1.29, 1.82) is 0 Å². The van der Waals surface area contributed by atoms with Gasteiger partial charge in [-0.1, -0.05) is 37.6 Å². The molecule has 1 fully saturated rings. The fourth-order valence-electron chi connectivity index (χ4n) is 2.54. The summed E-state index contributed by atoms with van der Waals surface area (Å²) in [6.45, 7) is 4.00. The Bertz CT molecular complexity index is 880. The lowest BCUT2D eigenvalue weighted by molar-refractivity contribution is 0.116. The molecule has 6 nitrogen and oxygen atoms in total. The second-order valence-electron chi connectivity index (χ2n) is 5.76. The van der Waals surface area contributed by atoms with Gasteiger partial charge in [0.05, 0.1) is 11.1 Å². The van der Waals surface area contributed by atoms with Crippen molar-refractivity contribution in [3.8, 4) is 11.5 Å². The van der Waals surface area contributed by atoms with Gasteiger partial charge in [0.25, 0.3) is 11.8 Å². The third-order valence-electron chi connectivity index (χ3n) is 4.02. The first-order valence-corrected chi connectivity index (χ1v) is 8.92. The minimum absolute atomic E-state index is 0.0410. The van der Waals surface area contributed by atoms with E-state index in [0.717, 1.165) is 18.4 Å². The standard InChI is InChI=1S/C16H12ClF2N5O.C2H6/c17-11-3-1-10(2-4-11)16(5-6-16)22-15-20-7-9(8-21-15)13-23-24-14(25-13)12(18)19;1-2/h1-4,7-8,12H,5-6H2,(H,20,21,22);1-2H3. The smallest absolute Gasteiger partial charge is 0.314 e. The quantitative estimate of drug-likeness (QED) is 0.638. The van der Waals surface area contributed by atoms with Gasteiger partial charge in [-0.15, -0.1) is 10.2 Å². The summed E-state index contributed by atoms with van der Waals surface area (Å²) in [6, 6.07) is 7.64. The number of halogens is 3. The molecule has 2 heterocycles. The highest BCUT2D eigenvalue weighted by Gasteiger charge is 2.44. The zero-order valence-electron chi connectivity index (χ0n) is 14.8. The second kappa shape index (κ2) is 7.96. The Morgan fingerprint density at radius 1 is 1.07 bits per heavy atom. The lowest BCUT2D eigenvalue weighted by Crippen LogP contribution is -2.20. The summed E-state index contributed by atoms with van der Waals surface area (Å²) in [5.41, 5.74) is 1.30. The van der Waals surface area contributed by atoms with Gasteiger partial charge in [0, 0.05) is 17.4 Å². The van der Waals surface area contributed by atoms with Crippen molar-refractivity contribution < 1.29 is 13.2 Å². The van der Waals surface area contributed by atoms with Crippen molar-refractivity contribution in [1.82, 2.24) is 20.2 Å². The number of rotatable bonds is 5. The van der Waals surface area contributed by atoms with E-state index in [1.165, 1.54) is 12.4 Å². The molecule has 0 amide bonds. The molecular formula is C18H18ClF2N5O. The zero-order chi connectivity index (χ0) is 19.4. The molecule has 2 aromatic heterocycles. The molecule has 4 rings (SSSR count). The monoisotopic (exact) mass is 393 g/mol. The highest BCUT2D eigenvalue weighted by molar-refractivity contribution is 6.30. The van der Waals surface area contributed by atoms with Crippen LogP contribution in [0.15, 0.2) is 41.1 Å². The first-order chi connectivity index (χ1) is 13.1. The number of nitrogens with one attached hydrogen (secondary N) is 1. The number of aromatic nitrogens is 4. The summed E-state index contributed by atoms with van der Waals surface area (Å²) in [4.78, 5) is 8.43. The second-order valence-corrected chi connectivity index (χ2v) is 6.19. The Morgan fingerprint density at radius 2 is 1.70 bits per heavy atom. The Morgan fingerprint density at radius 3 is 2.22 bits per heavy atom. The van der Waals surface area contributed by atoms with E-state index in [4.69, 9.17) is 16.0 Å². The minimum Gasteiger partial charge on any atom is -0.415 e. The van der Waals surface area contributed by atoms with Crippen LogP contribution in [0.2, 0.25) is 5.02 Å². The number of alkyl halides is 2. The maximum Gasteiger partial charge on any atom is 0.314 e. The minimum atomic E-state index is -2.81. The first-order valence-electron chi connectivity index (χ1n) is 8.54. The van der Waals surface area contributed by atoms with Gasteiger partial charge in [-0.2, -0.15) is 8.78 Å². The van der Waals surface area contributed by atoms with Gasteiger partial charge >= 0.3 is 6.43 Å². The van der Waals surface area contributed by atoms with E-state index < -0.39 is 12.3 Å². The fourth-order valence-corrected chi connectivity index (χ4v) is 2.66. The Kier molecular flexibility index (Phi) is 5.65. The van der Waals surface area contributed by atoms with Crippen LogP contribution in [0.1, 0.15) is 44.6 Å². The molecule has 1 N–H and O–H groups in total. The predicted molar refractivity (Wildman–Crippen MR) is 97.6 cm³/mol. The molecule has 0 aliphatic heterocycles. The van der Waals surface area contributed by atoms with Gasteiger partial charge in [-0.3, -0.25) is 0 Å². The van der Waals surface area contributed by atoms with Gasteiger partial charge in [0.2, 0.25) is 5.95 Å².